The predicted octanol–water partition coefficient (Wildman–Crippen LogP) is 2.19. The van der Waals surface area contributed by atoms with Gasteiger partial charge in [-0.25, -0.2) is 9.78 Å². The van der Waals surface area contributed by atoms with E-state index in [0.717, 1.165) is 16.3 Å². The lowest BCUT2D eigenvalue weighted by molar-refractivity contribution is -0.141. The van der Waals surface area contributed by atoms with Crippen molar-refractivity contribution in [1.82, 2.24) is 9.88 Å². The summed E-state index contributed by atoms with van der Waals surface area (Å²) in [6, 6.07) is 8.78. The average Bonchev–Trinajstić information content (AvgIpc) is 3.04. The second-order valence-corrected chi connectivity index (χ2v) is 7.02. The standard InChI is InChI=1S/C18H21N3O3S/c1-13-16(25-12-19-13)7-8-17(22)20-9-10-21(15(11-20)18(23)24)14-5-3-2-4-6-14/h2-6,12,15H,7-11H2,1H3,(H,23,24). The van der Waals surface area contributed by atoms with E-state index in [0.29, 0.717) is 25.9 Å². The number of thiazole rings is 1. The molecule has 1 N–H and O–H groups in total. The molecule has 6 nitrogen and oxygen atoms in total. The third kappa shape index (κ3) is 3.99. The first kappa shape index (κ1) is 17.4. The molecule has 0 bridgehead atoms. The number of aliphatic carboxylic acids is 1. The molecule has 1 saturated heterocycles. The van der Waals surface area contributed by atoms with Crippen molar-refractivity contribution >= 4 is 28.9 Å². The number of rotatable bonds is 5. The number of carboxylic acids is 1. The summed E-state index contributed by atoms with van der Waals surface area (Å²) >= 11 is 1.56. The van der Waals surface area contributed by atoms with Crippen molar-refractivity contribution in [3.8, 4) is 0 Å². The molecule has 0 saturated carbocycles. The number of para-hydroxylation sites is 1. The molecular formula is C18H21N3O3S. The number of piperazine rings is 1. The Balaban J connectivity index is 1.64. The highest BCUT2D eigenvalue weighted by Crippen LogP contribution is 2.22. The number of aryl methyl sites for hydroxylation is 2. The largest absolute Gasteiger partial charge is 0.480 e. The summed E-state index contributed by atoms with van der Waals surface area (Å²) < 4.78 is 0. The molecule has 1 amide bonds. The van der Waals surface area contributed by atoms with Crippen LogP contribution in [-0.4, -0.2) is 52.5 Å². The number of anilines is 1. The summed E-state index contributed by atoms with van der Waals surface area (Å²) in [6.45, 7) is 3.21. The molecule has 25 heavy (non-hydrogen) atoms. The Bertz CT molecular complexity index is 747. The fraction of sp³-hybridized carbons (Fsp3) is 0.389. The highest BCUT2D eigenvalue weighted by Gasteiger charge is 2.34. The van der Waals surface area contributed by atoms with Gasteiger partial charge in [0.1, 0.15) is 6.04 Å². The van der Waals surface area contributed by atoms with Gasteiger partial charge in [-0.3, -0.25) is 4.79 Å². The Hall–Kier alpha value is -2.41. The van der Waals surface area contributed by atoms with Crippen LogP contribution in [0.5, 0.6) is 0 Å². The van der Waals surface area contributed by atoms with Gasteiger partial charge in [-0.05, 0) is 25.5 Å². The van der Waals surface area contributed by atoms with Crippen LogP contribution in [0.15, 0.2) is 35.8 Å². The second-order valence-electron chi connectivity index (χ2n) is 6.08. The minimum Gasteiger partial charge on any atom is -0.480 e. The van der Waals surface area contributed by atoms with Crippen LogP contribution in [0.1, 0.15) is 17.0 Å². The van der Waals surface area contributed by atoms with Gasteiger partial charge in [-0.1, -0.05) is 18.2 Å². The molecule has 1 aliphatic heterocycles. The van der Waals surface area contributed by atoms with Crippen molar-refractivity contribution in [2.75, 3.05) is 24.5 Å². The first-order chi connectivity index (χ1) is 12.1. The smallest absolute Gasteiger partial charge is 0.328 e. The molecule has 2 heterocycles. The van der Waals surface area contributed by atoms with Crippen LogP contribution >= 0.6 is 11.3 Å². The number of hydrogen-bond donors (Lipinski definition) is 1. The second kappa shape index (κ2) is 7.65. The third-order valence-corrected chi connectivity index (χ3v) is 5.51. The van der Waals surface area contributed by atoms with E-state index < -0.39 is 12.0 Å². The molecule has 0 aliphatic carbocycles. The third-order valence-electron chi connectivity index (χ3n) is 4.52. The number of hydrogen-bond acceptors (Lipinski definition) is 5. The molecule has 1 aromatic heterocycles. The number of carbonyl (C=O) groups excluding carboxylic acids is 1. The summed E-state index contributed by atoms with van der Waals surface area (Å²) in [4.78, 5) is 33.1. The summed E-state index contributed by atoms with van der Waals surface area (Å²) in [7, 11) is 0. The first-order valence-corrected chi connectivity index (χ1v) is 9.15. The maximum absolute atomic E-state index is 12.5. The number of benzene rings is 1. The van der Waals surface area contributed by atoms with Crippen LogP contribution in [-0.2, 0) is 16.0 Å². The van der Waals surface area contributed by atoms with E-state index >= 15 is 0 Å². The van der Waals surface area contributed by atoms with Gasteiger partial charge in [0, 0.05) is 30.1 Å². The molecule has 3 rings (SSSR count). The zero-order valence-electron chi connectivity index (χ0n) is 14.1. The van der Waals surface area contributed by atoms with E-state index in [1.54, 1.807) is 21.7 Å². The monoisotopic (exact) mass is 359 g/mol. The van der Waals surface area contributed by atoms with Crippen LogP contribution in [0.25, 0.3) is 0 Å². The molecule has 2 aromatic rings. The van der Waals surface area contributed by atoms with Gasteiger partial charge < -0.3 is 14.9 Å². The maximum atomic E-state index is 12.5. The zero-order valence-corrected chi connectivity index (χ0v) is 14.9. The van der Waals surface area contributed by atoms with E-state index in [-0.39, 0.29) is 12.5 Å². The highest BCUT2D eigenvalue weighted by molar-refractivity contribution is 7.09. The fourth-order valence-corrected chi connectivity index (χ4v) is 3.88. The van der Waals surface area contributed by atoms with E-state index in [9.17, 15) is 14.7 Å². The quantitative estimate of drug-likeness (QED) is 0.886. The van der Waals surface area contributed by atoms with Crippen molar-refractivity contribution in [3.05, 3.63) is 46.4 Å². The maximum Gasteiger partial charge on any atom is 0.328 e. The molecular weight excluding hydrogens is 338 g/mol. The van der Waals surface area contributed by atoms with Gasteiger partial charge in [0.2, 0.25) is 5.91 Å². The Morgan fingerprint density at radius 1 is 1.28 bits per heavy atom. The highest BCUT2D eigenvalue weighted by atomic mass is 32.1. The van der Waals surface area contributed by atoms with Crippen LogP contribution in [0, 0.1) is 6.92 Å². The van der Waals surface area contributed by atoms with Crippen molar-refractivity contribution in [2.24, 2.45) is 0 Å². The predicted molar refractivity (Wildman–Crippen MR) is 97.0 cm³/mol. The number of carboxylic acid groups (broad SMARTS) is 1. The van der Waals surface area contributed by atoms with E-state index in [4.69, 9.17) is 0 Å². The number of aromatic nitrogens is 1. The Labute approximate surface area is 150 Å². The van der Waals surface area contributed by atoms with Crippen molar-refractivity contribution < 1.29 is 14.7 Å². The van der Waals surface area contributed by atoms with Gasteiger partial charge in [0.15, 0.2) is 0 Å². The topological polar surface area (TPSA) is 73.7 Å². The minimum absolute atomic E-state index is 0.00626. The Kier molecular flexibility index (Phi) is 5.33. The van der Waals surface area contributed by atoms with Gasteiger partial charge in [0.05, 0.1) is 17.7 Å². The molecule has 1 atom stereocenters. The molecule has 7 heteroatoms. The lowest BCUT2D eigenvalue weighted by atomic mass is 10.1. The number of amides is 1. The van der Waals surface area contributed by atoms with E-state index in [2.05, 4.69) is 4.98 Å². The molecule has 1 aromatic carbocycles. The lowest BCUT2D eigenvalue weighted by Crippen LogP contribution is -2.58. The van der Waals surface area contributed by atoms with Crippen LogP contribution in [0.2, 0.25) is 0 Å². The van der Waals surface area contributed by atoms with Gasteiger partial charge >= 0.3 is 5.97 Å². The number of carbonyl (C=O) groups is 2. The SMILES string of the molecule is Cc1ncsc1CCC(=O)N1CCN(c2ccccc2)C(C(=O)O)C1. The molecule has 0 radical (unpaired) electrons. The Morgan fingerprint density at radius 2 is 2.04 bits per heavy atom. The molecule has 1 aliphatic rings. The molecule has 1 unspecified atom stereocenters. The van der Waals surface area contributed by atoms with Crippen LogP contribution < -0.4 is 4.90 Å². The molecule has 1 fully saturated rings. The van der Waals surface area contributed by atoms with Crippen LogP contribution in [0.4, 0.5) is 5.69 Å². The summed E-state index contributed by atoms with van der Waals surface area (Å²) in [5, 5.41) is 9.60. The minimum atomic E-state index is -0.903. The Morgan fingerprint density at radius 3 is 2.68 bits per heavy atom. The van der Waals surface area contributed by atoms with E-state index in [1.807, 2.05) is 42.2 Å². The number of nitrogens with zero attached hydrogens (tertiary/aromatic N) is 3. The molecule has 132 valence electrons. The first-order valence-electron chi connectivity index (χ1n) is 8.27. The lowest BCUT2D eigenvalue weighted by Gasteiger charge is -2.40. The zero-order chi connectivity index (χ0) is 17.8. The normalized spacial score (nSPS) is 17.6. The van der Waals surface area contributed by atoms with Crippen LogP contribution in [0.3, 0.4) is 0 Å². The summed E-state index contributed by atoms with van der Waals surface area (Å²) in [5.74, 6) is -0.897. The van der Waals surface area contributed by atoms with Crippen molar-refractivity contribution in [1.29, 1.82) is 0 Å². The van der Waals surface area contributed by atoms with Gasteiger partial charge in [-0.2, -0.15) is 0 Å². The summed E-state index contributed by atoms with van der Waals surface area (Å²) in [5.41, 5.74) is 3.63. The average molecular weight is 359 g/mol. The van der Waals surface area contributed by atoms with Crippen molar-refractivity contribution in [3.63, 3.8) is 0 Å². The van der Waals surface area contributed by atoms with Crippen molar-refractivity contribution in [2.45, 2.75) is 25.8 Å². The van der Waals surface area contributed by atoms with Gasteiger partial charge in [-0.15, -0.1) is 11.3 Å². The molecule has 0 spiro atoms. The summed E-state index contributed by atoms with van der Waals surface area (Å²) in [6.07, 6.45) is 1.05. The fourth-order valence-electron chi connectivity index (χ4n) is 3.09. The van der Waals surface area contributed by atoms with Gasteiger partial charge in [0.25, 0.3) is 0 Å². The van der Waals surface area contributed by atoms with E-state index in [1.165, 1.54) is 0 Å².